The molecule has 0 saturated heterocycles. The van der Waals surface area contributed by atoms with E-state index in [-0.39, 0.29) is 5.01 Å². The first-order valence-corrected chi connectivity index (χ1v) is 8.06. The van der Waals surface area contributed by atoms with Crippen LogP contribution in [0.15, 0.2) is 48.5 Å². The fraction of sp³-hybridized carbons (Fsp3) is 0.278. The third-order valence-electron chi connectivity index (χ3n) is 3.25. The molecule has 2 rings (SSSR count). The van der Waals surface area contributed by atoms with E-state index in [1.165, 1.54) is 6.42 Å². The lowest BCUT2D eigenvalue weighted by molar-refractivity contribution is 0.279. The average molecular weight is 344 g/mol. The molecule has 2 aromatic carbocycles. The molecule has 21 heavy (non-hydrogen) atoms. The molecule has 0 heterocycles. The van der Waals surface area contributed by atoms with Crippen molar-refractivity contribution in [3.8, 4) is 22.9 Å². The average Bonchev–Trinajstić information content (AvgIpc) is 2.54. The van der Waals surface area contributed by atoms with Crippen LogP contribution < -0.4 is 4.74 Å². The van der Waals surface area contributed by atoms with Crippen LogP contribution in [0.5, 0.6) is 5.75 Å². The molecule has 0 amide bonds. The number of ether oxygens (including phenoxy) is 1. The van der Waals surface area contributed by atoms with Gasteiger partial charge < -0.3 is 4.74 Å². The van der Waals surface area contributed by atoms with Crippen molar-refractivity contribution in [2.75, 3.05) is 0 Å². The van der Waals surface area contributed by atoms with Crippen molar-refractivity contribution >= 4 is 15.9 Å². The highest BCUT2D eigenvalue weighted by molar-refractivity contribution is 9.09. The lowest BCUT2D eigenvalue weighted by atomic mass is 10.0. The van der Waals surface area contributed by atoms with Gasteiger partial charge in [-0.3, -0.25) is 0 Å². The first-order chi connectivity index (χ1) is 10.2. The molecule has 1 unspecified atom stereocenters. The first kappa shape index (κ1) is 15.6. The van der Waals surface area contributed by atoms with E-state index in [9.17, 15) is 0 Å². The van der Waals surface area contributed by atoms with Crippen molar-refractivity contribution < 1.29 is 4.74 Å². The number of hydrogen-bond acceptors (Lipinski definition) is 2. The van der Waals surface area contributed by atoms with Crippen molar-refractivity contribution in [3.05, 3.63) is 54.1 Å². The predicted molar refractivity (Wildman–Crippen MR) is 89.5 cm³/mol. The second kappa shape index (κ2) is 7.85. The zero-order valence-electron chi connectivity index (χ0n) is 12.1. The molecule has 0 spiro atoms. The molecule has 0 aliphatic rings. The Hall–Kier alpha value is -1.79. The Morgan fingerprint density at radius 3 is 2.14 bits per heavy atom. The minimum atomic E-state index is 0.0678. The molecule has 0 N–H and O–H groups in total. The van der Waals surface area contributed by atoms with Gasteiger partial charge in [0.1, 0.15) is 5.75 Å². The third kappa shape index (κ3) is 4.61. The molecule has 1 atom stereocenters. The van der Waals surface area contributed by atoms with E-state index in [4.69, 9.17) is 10.00 Å². The largest absolute Gasteiger partial charge is 0.479 e. The lowest BCUT2D eigenvalue weighted by Crippen LogP contribution is -2.07. The van der Waals surface area contributed by atoms with Crippen molar-refractivity contribution in [2.45, 2.75) is 31.2 Å². The molecular formula is C18H18BrNO. The highest BCUT2D eigenvalue weighted by Crippen LogP contribution is 2.24. The third-order valence-corrected chi connectivity index (χ3v) is 3.89. The quantitative estimate of drug-likeness (QED) is 0.647. The number of hydrogen-bond donors (Lipinski definition) is 0. The van der Waals surface area contributed by atoms with Crippen LogP contribution in [0.2, 0.25) is 0 Å². The number of unbranched alkanes of at least 4 members (excludes halogenated alkanes) is 1. The summed E-state index contributed by atoms with van der Waals surface area (Å²) in [5.74, 6) is 0.866. The number of nitrogens with zero attached hydrogens (tertiary/aromatic N) is 1. The molecule has 0 radical (unpaired) electrons. The molecule has 2 nitrogen and oxygen atoms in total. The van der Waals surface area contributed by atoms with Crippen molar-refractivity contribution in [3.63, 3.8) is 0 Å². The van der Waals surface area contributed by atoms with Gasteiger partial charge in [0, 0.05) is 0 Å². The van der Waals surface area contributed by atoms with Gasteiger partial charge in [-0.15, -0.1) is 0 Å². The number of benzene rings is 2. The maximum atomic E-state index is 8.81. The summed E-state index contributed by atoms with van der Waals surface area (Å²) < 4.78 is 5.82. The van der Waals surface area contributed by atoms with Gasteiger partial charge in [-0.1, -0.05) is 37.6 Å². The second-order valence-electron chi connectivity index (χ2n) is 4.88. The van der Waals surface area contributed by atoms with E-state index in [0.717, 1.165) is 29.7 Å². The van der Waals surface area contributed by atoms with E-state index in [2.05, 4.69) is 28.9 Å². The zero-order valence-corrected chi connectivity index (χ0v) is 13.6. The fourth-order valence-electron chi connectivity index (χ4n) is 2.03. The van der Waals surface area contributed by atoms with Crippen LogP contribution >= 0.6 is 15.9 Å². The number of alkyl halides is 1. The minimum Gasteiger partial charge on any atom is -0.479 e. The van der Waals surface area contributed by atoms with Gasteiger partial charge in [0.15, 0.2) is 5.01 Å². The Balaban J connectivity index is 2.02. The molecule has 3 heteroatoms. The molecule has 0 fully saturated rings. The van der Waals surface area contributed by atoms with Gasteiger partial charge in [0.2, 0.25) is 0 Å². The van der Waals surface area contributed by atoms with E-state index < -0.39 is 0 Å². The maximum Gasteiger partial charge on any atom is 0.153 e. The Morgan fingerprint density at radius 1 is 1.05 bits per heavy atom. The molecule has 0 aliphatic carbocycles. The highest BCUT2D eigenvalue weighted by atomic mass is 79.9. The molecular weight excluding hydrogens is 326 g/mol. The van der Waals surface area contributed by atoms with Crippen LogP contribution in [0.3, 0.4) is 0 Å². The zero-order chi connectivity index (χ0) is 15.1. The molecule has 0 aromatic heterocycles. The van der Waals surface area contributed by atoms with Gasteiger partial charge in [-0.25, -0.2) is 0 Å². The van der Waals surface area contributed by atoms with E-state index >= 15 is 0 Å². The van der Waals surface area contributed by atoms with Gasteiger partial charge >= 0.3 is 0 Å². The Bertz CT molecular complexity index is 599. The van der Waals surface area contributed by atoms with Crippen molar-refractivity contribution in [2.24, 2.45) is 0 Å². The van der Waals surface area contributed by atoms with Crippen molar-refractivity contribution in [1.82, 2.24) is 0 Å². The molecule has 0 bridgehead atoms. The summed E-state index contributed by atoms with van der Waals surface area (Å²) in [7, 11) is 0. The number of halogens is 1. The lowest BCUT2D eigenvalue weighted by Gasteiger charge is -2.13. The molecule has 108 valence electrons. The Labute approximate surface area is 134 Å². The fourth-order valence-corrected chi connectivity index (χ4v) is 2.57. The van der Waals surface area contributed by atoms with Crippen LogP contribution in [0.4, 0.5) is 0 Å². The molecule has 2 aromatic rings. The maximum absolute atomic E-state index is 8.81. The molecule has 0 aliphatic heterocycles. The minimum absolute atomic E-state index is 0.0678. The van der Waals surface area contributed by atoms with Crippen LogP contribution in [0.25, 0.3) is 11.1 Å². The highest BCUT2D eigenvalue weighted by Gasteiger charge is 2.05. The summed E-state index contributed by atoms with van der Waals surface area (Å²) in [6, 6.07) is 17.8. The first-order valence-electron chi connectivity index (χ1n) is 7.14. The second-order valence-corrected chi connectivity index (χ2v) is 5.90. The Kier molecular flexibility index (Phi) is 5.83. The van der Waals surface area contributed by atoms with Gasteiger partial charge in [-0.05, 0) is 64.2 Å². The number of nitriles is 1. The number of rotatable bonds is 6. The van der Waals surface area contributed by atoms with E-state index in [1.54, 1.807) is 0 Å². The summed E-state index contributed by atoms with van der Waals surface area (Å²) >= 11 is 3.54. The van der Waals surface area contributed by atoms with Crippen molar-refractivity contribution in [1.29, 1.82) is 5.26 Å². The SMILES string of the molecule is CCCCC(Br)Oc1ccc(-c2ccc(C#N)cc2)cc1. The summed E-state index contributed by atoms with van der Waals surface area (Å²) in [6.07, 6.45) is 3.33. The predicted octanol–water partition coefficient (Wildman–Crippen LogP) is 5.52. The normalized spacial score (nSPS) is 11.7. The summed E-state index contributed by atoms with van der Waals surface area (Å²) in [5, 5.41) is 8.88. The van der Waals surface area contributed by atoms with E-state index in [1.807, 2.05) is 48.5 Å². The van der Waals surface area contributed by atoms with Crippen LogP contribution in [-0.2, 0) is 0 Å². The van der Waals surface area contributed by atoms with Gasteiger partial charge in [0.05, 0.1) is 11.6 Å². The monoisotopic (exact) mass is 343 g/mol. The summed E-state index contributed by atoms with van der Waals surface area (Å²) in [4.78, 5) is 0. The Morgan fingerprint density at radius 2 is 1.62 bits per heavy atom. The van der Waals surface area contributed by atoms with E-state index in [0.29, 0.717) is 5.56 Å². The van der Waals surface area contributed by atoms with Gasteiger partial charge in [-0.2, -0.15) is 5.26 Å². The van der Waals surface area contributed by atoms with Crippen LogP contribution in [0.1, 0.15) is 31.7 Å². The van der Waals surface area contributed by atoms with Gasteiger partial charge in [0.25, 0.3) is 0 Å². The summed E-state index contributed by atoms with van der Waals surface area (Å²) in [5.41, 5.74) is 2.89. The smallest absolute Gasteiger partial charge is 0.153 e. The topological polar surface area (TPSA) is 33.0 Å². The summed E-state index contributed by atoms with van der Waals surface area (Å²) in [6.45, 7) is 2.17. The standard InChI is InChI=1S/C18H18BrNO/c1-2-3-4-18(19)21-17-11-9-16(10-12-17)15-7-5-14(13-20)6-8-15/h5-12,18H,2-4H2,1H3. The van der Waals surface area contributed by atoms with Crippen LogP contribution in [0, 0.1) is 11.3 Å². The van der Waals surface area contributed by atoms with Crippen LogP contribution in [-0.4, -0.2) is 5.01 Å². The molecule has 0 saturated carbocycles.